The quantitative estimate of drug-likeness (QED) is 0.134. The highest BCUT2D eigenvalue weighted by atomic mass is 16.5. The fourth-order valence-corrected chi connectivity index (χ4v) is 9.60. The zero-order valence-corrected chi connectivity index (χ0v) is 34.1. The van der Waals surface area contributed by atoms with Gasteiger partial charge in [0.2, 0.25) is 11.8 Å². The summed E-state index contributed by atoms with van der Waals surface area (Å²) in [6.07, 6.45) is 8.37. The number of piperidine rings is 1. The molecule has 15 heteroatoms. The van der Waals surface area contributed by atoms with Crippen LogP contribution in [0.15, 0.2) is 60.9 Å². The number of carbonyl (C=O) groups excluding carboxylic acids is 4. The van der Waals surface area contributed by atoms with Gasteiger partial charge in [-0.2, -0.15) is 0 Å². The standard InChI is InChI=1S/C44H54N8O7/c1-25(2)36(49-43(55)57-3)41(53)51-19-5-6-35(51)39-45-23-33(47-39)28-11-7-26(8-12-28)27-9-13-29(14-10-27)34-24-46-40(48-34)38-31-15-16-32(22-31)52(38)42(54)37(50-44(56)58-4)30-17-20-59-21-18-30/h7-14,23-25,30-32,35-38H,5-6,15-22H2,1-4H3,(H,45,47)(H,46,48)(H,49,55)(H,50,56)/t31-,32+,35-,36-,37-,38-/m0/s1. The minimum absolute atomic E-state index is 0.0233. The van der Waals surface area contributed by atoms with E-state index in [1.165, 1.54) is 14.2 Å². The van der Waals surface area contributed by atoms with Gasteiger partial charge in [0.15, 0.2) is 0 Å². The maximum absolute atomic E-state index is 14.3. The number of hydrogen-bond donors (Lipinski definition) is 4. The first-order valence-corrected chi connectivity index (χ1v) is 20.8. The normalized spacial score (nSPS) is 22.7. The molecule has 5 heterocycles. The van der Waals surface area contributed by atoms with Gasteiger partial charge >= 0.3 is 12.2 Å². The number of methoxy groups -OCH3 is 2. The molecule has 3 saturated heterocycles. The number of amides is 4. The molecule has 2 bridgehead atoms. The van der Waals surface area contributed by atoms with E-state index in [2.05, 4.69) is 74.1 Å². The second-order valence-corrected chi connectivity index (χ2v) is 16.5. The summed E-state index contributed by atoms with van der Waals surface area (Å²) >= 11 is 0. The second-order valence-electron chi connectivity index (χ2n) is 16.5. The van der Waals surface area contributed by atoms with E-state index in [0.717, 1.165) is 77.4 Å². The average molecular weight is 807 g/mol. The SMILES string of the molecule is COC(=O)N[C@H](C(=O)N1CCC[C@H]1c1ncc(-c2ccc(-c3ccc(-c4cnc([C@@H]5[C@H]6CC[C@H](C6)N5C(=O)[C@@H](NC(=O)OC)C5CCOCC5)[nH]4)cc3)cc2)[nH]1)C(C)C. The average Bonchev–Trinajstić information content (AvgIpc) is 4.13. The molecule has 312 valence electrons. The second kappa shape index (κ2) is 17.3. The number of carbonyl (C=O) groups is 4. The lowest BCUT2D eigenvalue weighted by Crippen LogP contribution is -2.55. The Bertz CT molecular complexity index is 2130. The van der Waals surface area contributed by atoms with E-state index in [1.807, 2.05) is 29.8 Å². The van der Waals surface area contributed by atoms with Gasteiger partial charge in [-0.05, 0) is 85.0 Å². The van der Waals surface area contributed by atoms with Crippen molar-refractivity contribution < 1.29 is 33.4 Å². The zero-order chi connectivity index (χ0) is 41.2. The smallest absolute Gasteiger partial charge is 0.407 e. The topological polar surface area (TPSA) is 184 Å². The molecule has 4 aromatic rings. The van der Waals surface area contributed by atoms with E-state index in [9.17, 15) is 19.2 Å². The Balaban J connectivity index is 0.937. The molecule has 0 spiro atoms. The molecule has 8 rings (SSSR count). The third-order valence-corrected chi connectivity index (χ3v) is 12.7. The minimum atomic E-state index is -0.689. The largest absolute Gasteiger partial charge is 0.453 e. The number of imidazole rings is 2. The zero-order valence-electron chi connectivity index (χ0n) is 34.1. The van der Waals surface area contributed by atoms with Crippen molar-refractivity contribution in [2.45, 2.75) is 89.0 Å². The summed E-state index contributed by atoms with van der Waals surface area (Å²) in [6.45, 7) is 5.53. The summed E-state index contributed by atoms with van der Waals surface area (Å²) in [7, 11) is 2.61. The van der Waals surface area contributed by atoms with Crippen molar-refractivity contribution in [2.75, 3.05) is 34.0 Å². The highest BCUT2D eigenvalue weighted by Crippen LogP contribution is 2.50. The van der Waals surface area contributed by atoms with Crippen LogP contribution in [0.1, 0.15) is 82.5 Å². The van der Waals surface area contributed by atoms with Crippen LogP contribution in [0.2, 0.25) is 0 Å². The van der Waals surface area contributed by atoms with E-state index in [1.54, 1.807) is 6.20 Å². The number of nitrogens with one attached hydrogen (secondary N) is 4. The highest BCUT2D eigenvalue weighted by molar-refractivity contribution is 5.87. The molecule has 3 aliphatic heterocycles. The molecule has 6 atom stereocenters. The molecule has 59 heavy (non-hydrogen) atoms. The fourth-order valence-electron chi connectivity index (χ4n) is 9.60. The summed E-state index contributed by atoms with van der Waals surface area (Å²) in [5.74, 6) is 1.46. The molecular formula is C44H54N8O7. The van der Waals surface area contributed by atoms with Gasteiger partial charge in [0.1, 0.15) is 23.7 Å². The molecule has 1 saturated carbocycles. The summed E-state index contributed by atoms with van der Waals surface area (Å²) in [6, 6.07) is 15.0. The van der Waals surface area contributed by atoms with Crippen molar-refractivity contribution in [3.05, 3.63) is 72.6 Å². The number of benzene rings is 2. The fraction of sp³-hybridized carbons (Fsp3) is 0.500. The molecule has 4 aliphatic rings. The lowest BCUT2D eigenvalue weighted by molar-refractivity contribution is -0.140. The van der Waals surface area contributed by atoms with E-state index in [0.29, 0.717) is 38.5 Å². The van der Waals surface area contributed by atoms with Crippen LogP contribution in [0.25, 0.3) is 33.6 Å². The molecule has 0 radical (unpaired) electrons. The lowest BCUT2D eigenvalue weighted by atomic mass is 9.89. The van der Waals surface area contributed by atoms with Crippen LogP contribution in [0.5, 0.6) is 0 Å². The van der Waals surface area contributed by atoms with Crippen LogP contribution in [0, 0.1) is 17.8 Å². The Morgan fingerprint density at radius 3 is 1.93 bits per heavy atom. The van der Waals surface area contributed by atoms with Gasteiger partial charge < -0.3 is 44.6 Å². The van der Waals surface area contributed by atoms with Gasteiger partial charge in [-0.15, -0.1) is 0 Å². The predicted molar refractivity (Wildman–Crippen MR) is 218 cm³/mol. The number of aromatic amines is 2. The van der Waals surface area contributed by atoms with E-state index in [4.69, 9.17) is 19.2 Å². The lowest BCUT2D eigenvalue weighted by Gasteiger charge is -2.39. The number of aromatic nitrogens is 4. The number of nitrogens with zero attached hydrogens (tertiary/aromatic N) is 4. The Hall–Kier alpha value is -5.70. The van der Waals surface area contributed by atoms with Crippen molar-refractivity contribution in [1.29, 1.82) is 0 Å². The highest BCUT2D eigenvalue weighted by Gasteiger charge is 2.52. The Kier molecular flexibility index (Phi) is 11.7. The third-order valence-electron chi connectivity index (χ3n) is 12.7. The molecule has 1 aliphatic carbocycles. The first kappa shape index (κ1) is 40.1. The van der Waals surface area contributed by atoms with Crippen LogP contribution in [0.3, 0.4) is 0 Å². The number of likely N-dealkylation sites (tertiary alicyclic amines) is 2. The number of alkyl carbamates (subject to hydrolysis) is 2. The van der Waals surface area contributed by atoms with Crippen molar-refractivity contribution in [3.63, 3.8) is 0 Å². The molecule has 0 unspecified atom stereocenters. The Morgan fingerprint density at radius 1 is 0.746 bits per heavy atom. The number of H-pyrrole nitrogens is 2. The predicted octanol–water partition coefficient (Wildman–Crippen LogP) is 6.38. The van der Waals surface area contributed by atoms with Gasteiger partial charge in [-0.25, -0.2) is 19.6 Å². The van der Waals surface area contributed by atoms with Crippen LogP contribution >= 0.6 is 0 Å². The molecule has 2 aromatic heterocycles. The monoisotopic (exact) mass is 806 g/mol. The number of hydrogen-bond acceptors (Lipinski definition) is 9. The van der Waals surface area contributed by atoms with Gasteiger partial charge in [-0.3, -0.25) is 9.59 Å². The van der Waals surface area contributed by atoms with Crippen molar-refractivity contribution in [2.24, 2.45) is 17.8 Å². The van der Waals surface area contributed by atoms with Gasteiger partial charge in [-0.1, -0.05) is 62.4 Å². The van der Waals surface area contributed by atoms with Crippen molar-refractivity contribution >= 4 is 24.0 Å². The summed E-state index contributed by atoms with van der Waals surface area (Å²) < 4.78 is 15.2. The number of ether oxygens (including phenoxy) is 3. The van der Waals surface area contributed by atoms with Crippen LogP contribution < -0.4 is 10.6 Å². The van der Waals surface area contributed by atoms with E-state index < -0.39 is 24.3 Å². The van der Waals surface area contributed by atoms with Crippen LogP contribution in [-0.4, -0.2) is 106 Å². The molecule has 4 N–H and O–H groups in total. The van der Waals surface area contributed by atoms with Crippen molar-refractivity contribution in [3.8, 4) is 33.6 Å². The van der Waals surface area contributed by atoms with Crippen molar-refractivity contribution in [1.82, 2.24) is 40.4 Å². The molecule has 15 nitrogen and oxygen atoms in total. The maximum atomic E-state index is 14.3. The third kappa shape index (κ3) is 8.17. The van der Waals surface area contributed by atoms with Gasteiger partial charge in [0.25, 0.3) is 0 Å². The molecular weight excluding hydrogens is 753 g/mol. The maximum Gasteiger partial charge on any atom is 0.407 e. The van der Waals surface area contributed by atoms with Gasteiger partial charge in [0.05, 0.1) is 50.1 Å². The first-order valence-electron chi connectivity index (χ1n) is 20.8. The summed E-state index contributed by atoms with van der Waals surface area (Å²) in [5.41, 5.74) is 5.83. The van der Waals surface area contributed by atoms with E-state index >= 15 is 0 Å². The molecule has 2 aromatic carbocycles. The first-order chi connectivity index (χ1) is 28.6. The van der Waals surface area contributed by atoms with Crippen LogP contribution in [-0.2, 0) is 23.8 Å². The van der Waals surface area contributed by atoms with Gasteiger partial charge in [0, 0.05) is 25.8 Å². The Morgan fingerprint density at radius 2 is 1.32 bits per heavy atom. The molecule has 4 amide bonds. The minimum Gasteiger partial charge on any atom is -0.453 e. The number of rotatable bonds is 11. The summed E-state index contributed by atoms with van der Waals surface area (Å²) in [4.78, 5) is 72.6. The van der Waals surface area contributed by atoms with Crippen LogP contribution in [0.4, 0.5) is 9.59 Å². The van der Waals surface area contributed by atoms with E-state index in [-0.39, 0.29) is 41.8 Å². The Labute approximate surface area is 344 Å². The molecule has 4 fully saturated rings. The number of fused-ring (bicyclic) bond motifs is 2. The summed E-state index contributed by atoms with van der Waals surface area (Å²) in [5, 5.41) is 5.57.